The molecule has 0 aliphatic carbocycles. The van der Waals surface area contributed by atoms with E-state index < -0.39 is 27.5 Å². The third kappa shape index (κ3) is 6.86. The lowest BCUT2D eigenvalue weighted by Crippen LogP contribution is -2.33. The molecule has 0 bridgehead atoms. The van der Waals surface area contributed by atoms with Crippen molar-refractivity contribution in [1.29, 1.82) is 0 Å². The minimum Gasteiger partial charge on any atom is -0.478 e. The molecular formula is C20H23NO5S. The van der Waals surface area contributed by atoms with Crippen LogP contribution in [0.5, 0.6) is 0 Å². The van der Waals surface area contributed by atoms with Crippen LogP contribution in [0.15, 0.2) is 54.6 Å². The highest BCUT2D eigenvalue weighted by molar-refractivity contribution is 7.92. The van der Waals surface area contributed by atoms with Crippen LogP contribution in [0.2, 0.25) is 0 Å². The largest absolute Gasteiger partial charge is 0.478 e. The first-order valence-electron chi connectivity index (χ1n) is 8.57. The number of nitrogens with zero attached hydrogens (tertiary/aromatic N) is 1. The van der Waals surface area contributed by atoms with E-state index in [4.69, 9.17) is 5.11 Å². The minimum absolute atomic E-state index is 0.0330. The van der Waals surface area contributed by atoms with E-state index in [1.165, 1.54) is 24.1 Å². The molecule has 144 valence electrons. The number of sulfone groups is 1. The lowest BCUT2D eigenvalue weighted by atomic mass is 10.1. The van der Waals surface area contributed by atoms with Crippen LogP contribution in [0.25, 0.3) is 0 Å². The van der Waals surface area contributed by atoms with Crippen molar-refractivity contribution in [2.24, 2.45) is 0 Å². The van der Waals surface area contributed by atoms with E-state index in [9.17, 15) is 18.0 Å². The zero-order chi connectivity index (χ0) is 19.9. The highest BCUT2D eigenvalue weighted by Gasteiger charge is 2.19. The predicted molar refractivity (Wildman–Crippen MR) is 103 cm³/mol. The molecule has 0 aromatic heterocycles. The normalized spacial score (nSPS) is 11.1. The molecule has 0 fully saturated rings. The van der Waals surface area contributed by atoms with E-state index in [1.54, 1.807) is 12.1 Å². The van der Waals surface area contributed by atoms with E-state index in [2.05, 4.69) is 0 Å². The van der Waals surface area contributed by atoms with Crippen LogP contribution in [-0.2, 0) is 27.6 Å². The van der Waals surface area contributed by atoms with E-state index in [-0.39, 0.29) is 17.9 Å². The molecule has 0 unspecified atom stereocenters. The third-order valence-corrected chi connectivity index (χ3v) is 5.75. The average Bonchev–Trinajstić information content (AvgIpc) is 2.62. The molecule has 7 heteroatoms. The number of amides is 1. The summed E-state index contributed by atoms with van der Waals surface area (Å²) in [6.45, 7) is 0.221. The van der Waals surface area contributed by atoms with Gasteiger partial charge in [0.1, 0.15) is 5.75 Å². The number of aromatic carboxylic acids is 1. The Balaban J connectivity index is 1.83. The summed E-state index contributed by atoms with van der Waals surface area (Å²) in [7, 11) is -1.94. The molecule has 1 amide bonds. The first kappa shape index (κ1) is 20.6. The molecule has 0 saturated heterocycles. The van der Waals surface area contributed by atoms with Gasteiger partial charge in [0.15, 0.2) is 9.84 Å². The Bertz CT molecular complexity index is 876. The number of hydrogen-bond acceptors (Lipinski definition) is 4. The summed E-state index contributed by atoms with van der Waals surface area (Å²) in [5.74, 6) is -2.05. The average molecular weight is 389 g/mol. The molecule has 1 N–H and O–H groups in total. The van der Waals surface area contributed by atoms with E-state index >= 15 is 0 Å². The monoisotopic (exact) mass is 389 g/mol. The fraction of sp³-hybridized carbons (Fsp3) is 0.300. The summed E-state index contributed by atoms with van der Waals surface area (Å²) >= 11 is 0. The van der Waals surface area contributed by atoms with Gasteiger partial charge in [-0.05, 0) is 36.1 Å². The van der Waals surface area contributed by atoms with Crippen molar-refractivity contribution in [1.82, 2.24) is 4.90 Å². The zero-order valence-electron chi connectivity index (χ0n) is 15.2. The Labute approximate surface area is 159 Å². The molecule has 0 radical (unpaired) electrons. The topological polar surface area (TPSA) is 91.8 Å². The summed E-state index contributed by atoms with van der Waals surface area (Å²) in [6.07, 6.45) is 1.13. The van der Waals surface area contributed by atoms with E-state index in [0.29, 0.717) is 12.8 Å². The summed E-state index contributed by atoms with van der Waals surface area (Å²) in [4.78, 5) is 24.4. The fourth-order valence-corrected chi connectivity index (χ4v) is 3.95. The first-order chi connectivity index (χ1) is 12.8. The molecule has 0 saturated carbocycles. The van der Waals surface area contributed by atoms with Gasteiger partial charge in [0, 0.05) is 13.6 Å². The number of carbonyl (C=O) groups is 2. The van der Waals surface area contributed by atoms with Gasteiger partial charge in [-0.1, -0.05) is 42.5 Å². The maximum Gasteiger partial charge on any atom is 0.335 e. The quantitative estimate of drug-likeness (QED) is 0.711. The fourth-order valence-electron chi connectivity index (χ4n) is 2.63. The Hall–Kier alpha value is -2.67. The number of carbonyl (C=O) groups excluding carboxylic acids is 1. The molecule has 27 heavy (non-hydrogen) atoms. The highest BCUT2D eigenvalue weighted by Crippen LogP contribution is 2.09. The van der Waals surface area contributed by atoms with Crippen LogP contribution >= 0.6 is 0 Å². The summed E-state index contributed by atoms with van der Waals surface area (Å²) in [6, 6.07) is 15.7. The summed E-state index contributed by atoms with van der Waals surface area (Å²) < 4.78 is 24.4. The molecule has 0 aliphatic rings. The van der Waals surface area contributed by atoms with Crippen molar-refractivity contribution < 1.29 is 23.1 Å². The minimum atomic E-state index is -3.48. The SMILES string of the molecule is CN(Cc1ccc(C(=O)O)cc1)C(=O)CS(=O)(=O)CCCc1ccccc1. The lowest BCUT2D eigenvalue weighted by molar-refractivity contribution is -0.127. The Kier molecular flexibility index (Phi) is 7.12. The summed E-state index contributed by atoms with van der Waals surface area (Å²) in [5.41, 5.74) is 1.96. The smallest absolute Gasteiger partial charge is 0.335 e. The van der Waals surface area contributed by atoms with Crippen molar-refractivity contribution in [2.45, 2.75) is 19.4 Å². The standard InChI is InChI=1S/C20H23NO5S/c1-21(14-17-9-11-18(12-10-17)20(23)24)19(22)15-27(25,26)13-5-8-16-6-3-2-4-7-16/h2-4,6-7,9-12H,5,8,13-15H2,1H3,(H,23,24). The molecule has 0 aliphatic heterocycles. The second-order valence-corrected chi connectivity index (χ2v) is 8.62. The number of carboxylic acid groups (broad SMARTS) is 1. The molecule has 6 nitrogen and oxygen atoms in total. The van der Waals surface area contributed by atoms with Crippen molar-refractivity contribution in [3.8, 4) is 0 Å². The Morgan fingerprint density at radius 3 is 2.19 bits per heavy atom. The van der Waals surface area contributed by atoms with Crippen LogP contribution in [0.1, 0.15) is 27.9 Å². The molecular weight excluding hydrogens is 366 g/mol. The van der Waals surface area contributed by atoms with Crippen molar-refractivity contribution in [3.63, 3.8) is 0 Å². The van der Waals surface area contributed by atoms with Gasteiger partial charge in [-0.3, -0.25) is 4.79 Å². The van der Waals surface area contributed by atoms with Gasteiger partial charge < -0.3 is 10.0 Å². The van der Waals surface area contributed by atoms with Gasteiger partial charge in [-0.2, -0.15) is 0 Å². The Morgan fingerprint density at radius 1 is 0.963 bits per heavy atom. The molecule has 2 aromatic rings. The van der Waals surface area contributed by atoms with Gasteiger partial charge in [-0.25, -0.2) is 13.2 Å². The summed E-state index contributed by atoms with van der Waals surface area (Å²) in [5, 5.41) is 8.89. The predicted octanol–water partition coefficient (Wildman–Crippen LogP) is 2.39. The molecule has 2 rings (SSSR count). The molecule has 2 aromatic carbocycles. The second kappa shape index (κ2) is 9.32. The van der Waals surface area contributed by atoms with Crippen LogP contribution in [0, 0.1) is 0 Å². The van der Waals surface area contributed by atoms with Crippen molar-refractivity contribution in [3.05, 3.63) is 71.3 Å². The number of carboxylic acids is 1. The number of benzene rings is 2. The van der Waals surface area contributed by atoms with Gasteiger partial charge in [-0.15, -0.1) is 0 Å². The van der Waals surface area contributed by atoms with Gasteiger partial charge >= 0.3 is 5.97 Å². The Morgan fingerprint density at radius 2 is 1.59 bits per heavy atom. The maximum atomic E-state index is 12.2. The van der Waals surface area contributed by atoms with Crippen LogP contribution < -0.4 is 0 Å². The zero-order valence-corrected chi connectivity index (χ0v) is 16.0. The number of aryl methyl sites for hydroxylation is 1. The number of rotatable bonds is 9. The highest BCUT2D eigenvalue weighted by atomic mass is 32.2. The van der Waals surface area contributed by atoms with E-state index in [0.717, 1.165) is 11.1 Å². The lowest BCUT2D eigenvalue weighted by Gasteiger charge is -2.17. The third-order valence-electron chi connectivity index (χ3n) is 4.15. The van der Waals surface area contributed by atoms with Gasteiger partial charge in [0.2, 0.25) is 5.91 Å². The van der Waals surface area contributed by atoms with Crippen LogP contribution in [0.3, 0.4) is 0 Å². The van der Waals surface area contributed by atoms with Gasteiger partial charge in [0.25, 0.3) is 0 Å². The molecule has 0 atom stereocenters. The van der Waals surface area contributed by atoms with Crippen LogP contribution in [-0.4, -0.2) is 48.9 Å². The first-order valence-corrected chi connectivity index (χ1v) is 10.4. The van der Waals surface area contributed by atoms with E-state index in [1.807, 2.05) is 30.3 Å². The van der Waals surface area contributed by atoms with Gasteiger partial charge in [0.05, 0.1) is 11.3 Å². The maximum absolute atomic E-state index is 12.2. The molecule has 0 heterocycles. The molecule has 0 spiro atoms. The van der Waals surface area contributed by atoms with Crippen molar-refractivity contribution >= 4 is 21.7 Å². The van der Waals surface area contributed by atoms with Crippen LogP contribution in [0.4, 0.5) is 0 Å². The second-order valence-electron chi connectivity index (χ2n) is 6.43. The van der Waals surface area contributed by atoms with Crippen molar-refractivity contribution in [2.75, 3.05) is 18.6 Å². The number of hydrogen-bond donors (Lipinski definition) is 1.